The Hall–Kier alpha value is -2.44. The minimum absolute atomic E-state index is 0.0551. The van der Waals surface area contributed by atoms with Crippen LogP contribution in [0.1, 0.15) is 6.92 Å². The van der Waals surface area contributed by atoms with Crippen molar-refractivity contribution in [1.82, 2.24) is 10.2 Å². The van der Waals surface area contributed by atoms with Crippen LogP contribution in [-0.2, 0) is 9.59 Å². The van der Waals surface area contributed by atoms with Crippen LogP contribution in [0.2, 0.25) is 0 Å². The highest BCUT2D eigenvalue weighted by atomic mass is 16.4. The molecule has 18 heavy (non-hydrogen) atoms. The Labute approximate surface area is 103 Å². The van der Waals surface area contributed by atoms with Gasteiger partial charge in [-0.05, 0) is 24.6 Å². The molecular formula is C11H13N3O4. The Bertz CT molecular complexity index is 477. The molecule has 1 saturated heterocycles. The molecule has 0 aromatic carbocycles. The number of hydrogen-bond acceptors (Lipinski definition) is 4. The molecule has 2 N–H and O–H groups in total. The van der Waals surface area contributed by atoms with E-state index >= 15 is 0 Å². The van der Waals surface area contributed by atoms with Gasteiger partial charge in [-0.3, -0.25) is 14.6 Å². The second kappa shape index (κ2) is 5.76. The SMILES string of the molecule is CN=CC=C(C)C=C1NC(=O)N(CC(=O)O)C1=O. The smallest absolute Gasteiger partial charge is 0.329 e. The lowest BCUT2D eigenvalue weighted by molar-refractivity contribution is -0.140. The summed E-state index contributed by atoms with van der Waals surface area (Å²) in [6.07, 6.45) is 4.67. The summed E-state index contributed by atoms with van der Waals surface area (Å²) in [6.45, 7) is 1.08. The summed E-state index contributed by atoms with van der Waals surface area (Å²) in [5.41, 5.74) is 0.765. The van der Waals surface area contributed by atoms with Gasteiger partial charge in [0.25, 0.3) is 5.91 Å². The first-order valence-corrected chi connectivity index (χ1v) is 5.11. The minimum atomic E-state index is -1.25. The topological polar surface area (TPSA) is 99.1 Å². The van der Waals surface area contributed by atoms with Crippen molar-refractivity contribution in [2.75, 3.05) is 13.6 Å². The first kappa shape index (κ1) is 13.6. The number of nitrogens with one attached hydrogen (secondary N) is 1. The second-order valence-corrected chi connectivity index (χ2v) is 3.59. The van der Waals surface area contributed by atoms with Gasteiger partial charge in [-0.15, -0.1) is 0 Å². The fraction of sp³-hybridized carbons (Fsp3) is 0.273. The fourth-order valence-electron chi connectivity index (χ4n) is 1.32. The lowest BCUT2D eigenvalue weighted by Gasteiger charge is -2.06. The van der Waals surface area contributed by atoms with Gasteiger partial charge in [-0.2, -0.15) is 0 Å². The van der Waals surface area contributed by atoms with Gasteiger partial charge in [0.1, 0.15) is 12.2 Å². The number of allylic oxidation sites excluding steroid dienone is 3. The highest BCUT2D eigenvalue weighted by Gasteiger charge is 2.34. The van der Waals surface area contributed by atoms with Crippen molar-refractivity contribution in [3.63, 3.8) is 0 Å². The number of aliphatic imine (C=N–C) groups is 1. The highest BCUT2D eigenvalue weighted by molar-refractivity contribution is 6.13. The molecule has 7 heteroatoms. The molecule has 1 aliphatic heterocycles. The molecule has 0 radical (unpaired) electrons. The third kappa shape index (κ3) is 3.27. The van der Waals surface area contributed by atoms with Crippen molar-refractivity contribution in [2.45, 2.75) is 6.92 Å². The lowest BCUT2D eigenvalue weighted by Crippen LogP contribution is -2.35. The number of carbonyl (C=O) groups excluding carboxylic acids is 2. The predicted molar refractivity (Wildman–Crippen MR) is 64.1 cm³/mol. The molecule has 0 bridgehead atoms. The van der Waals surface area contributed by atoms with Gasteiger partial charge in [0.2, 0.25) is 0 Å². The van der Waals surface area contributed by atoms with E-state index in [2.05, 4.69) is 10.3 Å². The molecule has 1 fully saturated rings. The monoisotopic (exact) mass is 251 g/mol. The van der Waals surface area contributed by atoms with E-state index in [4.69, 9.17) is 5.11 Å². The Morgan fingerprint density at radius 2 is 2.17 bits per heavy atom. The van der Waals surface area contributed by atoms with Gasteiger partial charge in [-0.1, -0.05) is 0 Å². The number of imide groups is 1. The zero-order chi connectivity index (χ0) is 13.7. The Morgan fingerprint density at radius 3 is 2.72 bits per heavy atom. The molecular weight excluding hydrogens is 238 g/mol. The maximum absolute atomic E-state index is 11.7. The summed E-state index contributed by atoms with van der Waals surface area (Å²) >= 11 is 0. The molecule has 1 rings (SSSR count). The van der Waals surface area contributed by atoms with Gasteiger partial charge in [-0.25, -0.2) is 9.69 Å². The predicted octanol–water partition coefficient (Wildman–Crippen LogP) is 0.154. The molecule has 0 unspecified atom stereocenters. The summed E-state index contributed by atoms with van der Waals surface area (Å²) < 4.78 is 0. The molecule has 0 saturated carbocycles. The van der Waals surface area contributed by atoms with E-state index in [1.54, 1.807) is 26.3 Å². The Balaban J connectivity index is 2.89. The number of carboxylic acid groups (broad SMARTS) is 1. The van der Waals surface area contributed by atoms with Gasteiger partial charge in [0, 0.05) is 13.3 Å². The average molecular weight is 251 g/mol. The lowest BCUT2D eigenvalue weighted by atomic mass is 10.2. The third-order valence-corrected chi connectivity index (χ3v) is 2.11. The molecule has 0 aromatic heterocycles. The van der Waals surface area contributed by atoms with Crippen LogP contribution in [0.15, 0.2) is 28.4 Å². The number of carbonyl (C=O) groups is 3. The Morgan fingerprint density at radius 1 is 1.50 bits per heavy atom. The maximum atomic E-state index is 11.7. The normalized spacial score (nSPS) is 18.9. The number of nitrogens with zero attached hydrogens (tertiary/aromatic N) is 2. The van der Waals surface area contributed by atoms with Crippen LogP contribution in [0, 0.1) is 0 Å². The van der Waals surface area contributed by atoms with Gasteiger partial charge in [0.05, 0.1) is 0 Å². The van der Waals surface area contributed by atoms with E-state index in [9.17, 15) is 14.4 Å². The number of hydrogen-bond donors (Lipinski definition) is 2. The molecule has 0 aromatic rings. The molecule has 0 aliphatic carbocycles. The second-order valence-electron chi connectivity index (χ2n) is 3.59. The highest BCUT2D eigenvalue weighted by Crippen LogP contribution is 2.11. The number of aliphatic carboxylic acids is 1. The van der Waals surface area contributed by atoms with Crippen molar-refractivity contribution in [2.24, 2.45) is 4.99 Å². The van der Waals surface area contributed by atoms with E-state index in [1.807, 2.05) is 0 Å². The summed E-state index contributed by atoms with van der Waals surface area (Å²) in [6, 6.07) is -0.731. The van der Waals surface area contributed by atoms with Crippen LogP contribution < -0.4 is 5.32 Å². The molecule has 1 aliphatic rings. The molecule has 0 spiro atoms. The van der Waals surface area contributed by atoms with Gasteiger partial charge >= 0.3 is 12.0 Å². The van der Waals surface area contributed by atoms with Crippen molar-refractivity contribution in [3.8, 4) is 0 Å². The maximum Gasteiger partial charge on any atom is 0.329 e. The molecule has 1 heterocycles. The van der Waals surface area contributed by atoms with Crippen LogP contribution in [-0.4, -0.2) is 47.7 Å². The van der Waals surface area contributed by atoms with Crippen LogP contribution in [0.4, 0.5) is 4.79 Å². The van der Waals surface area contributed by atoms with Crippen LogP contribution in [0.5, 0.6) is 0 Å². The first-order valence-electron chi connectivity index (χ1n) is 5.11. The standard InChI is InChI=1S/C11H13N3O4/c1-7(3-4-12-2)5-8-10(17)14(6-9(15)16)11(18)13-8/h3-5H,6H2,1-2H3,(H,13,18)(H,15,16). The fourth-order valence-corrected chi connectivity index (χ4v) is 1.32. The zero-order valence-electron chi connectivity index (χ0n) is 10.0. The number of rotatable bonds is 4. The molecule has 0 atom stereocenters. The van der Waals surface area contributed by atoms with E-state index in [0.29, 0.717) is 10.5 Å². The average Bonchev–Trinajstić information content (AvgIpc) is 2.54. The van der Waals surface area contributed by atoms with E-state index < -0.39 is 24.5 Å². The quantitative estimate of drug-likeness (QED) is 0.422. The van der Waals surface area contributed by atoms with Crippen molar-refractivity contribution in [3.05, 3.63) is 23.4 Å². The van der Waals surface area contributed by atoms with Gasteiger partial charge < -0.3 is 10.4 Å². The van der Waals surface area contributed by atoms with Crippen LogP contribution in [0.25, 0.3) is 0 Å². The summed E-state index contributed by atoms with van der Waals surface area (Å²) in [5, 5.41) is 10.9. The first-order chi connectivity index (χ1) is 8.45. The molecule has 3 amide bonds. The molecule has 96 valence electrons. The molecule has 7 nitrogen and oxygen atoms in total. The largest absolute Gasteiger partial charge is 0.480 e. The number of amides is 3. The summed E-state index contributed by atoms with van der Waals surface area (Å²) in [5.74, 6) is -1.89. The summed E-state index contributed by atoms with van der Waals surface area (Å²) in [7, 11) is 1.61. The van der Waals surface area contributed by atoms with Crippen molar-refractivity contribution >= 4 is 24.1 Å². The Kier molecular flexibility index (Phi) is 4.36. The summed E-state index contributed by atoms with van der Waals surface area (Å²) in [4.78, 5) is 38.0. The van der Waals surface area contributed by atoms with Gasteiger partial charge in [0.15, 0.2) is 0 Å². The van der Waals surface area contributed by atoms with Crippen molar-refractivity contribution < 1.29 is 19.5 Å². The van der Waals surface area contributed by atoms with Crippen LogP contribution in [0.3, 0.4) is 0 Å². The number of urea groups is 1. The van der Waals surface area contributed by atoms with Crippen molar-refractivity contribution in [1.29, 1.82) is 0 Å². The zero-order valence-corrected chi connectivity index (χ0v) is 10.0. The van der Waals surface area contributed by atoms with E-state index in [1.165, 1.54) is 6.08 Å². The number of carboxylic acids is 1. The minimum Gasteiger partial charge on any atom is -0.480 e. The van der Waals surface area contributed by atoms with E-state index in [0.717, 1.165) is 0 Å². The van der Waals surface area contributed by atoms with E-state index in [-0.39, 0.29) is 5.70 Å². The third-order valence-electron chi connectivity index (χ3n) is 2.11. The van der Waals surface area contributed by atoms with Crippen LogP contribution >= 0.6 is 0 Å².